The summed E-state index contributed by atoms with van der Waals surface area (Å²) in [6.45, 7) is 0.281. The highest BCUT2D eigenvalue weighted by atomic mass is 35.5. The summed E-state index contributed by atoms with van der Waals surface area (Å²) in [5.74, 6) is 0.435. The van der Waals surface area contributed by atoms with Gasteiger partial charge in [0.05, 0.1) is 24.2 Å². The Labute approximate surface area is 154 Å². The average Bonchev–Trinajstić information content (AvgIpc) is 2.60. The molecule has 0 heterocycles. The van der Waals surface area contributed by atoms with Gasteiger partial charge in [0.2, 0.25) is 5.91 Å². The quantitative estimate of drug-likeness (QED) is 0.752. The molecule has 0 aliphatic carbocycles. The predicted octanol–water partition coefficient (Wildman–Crippen LogP) is 4.14. The molecular weight excluding hydrogens is 369 g/mol. The van der Waals surface area contributed by atoms with Crippen LogP contribution >= 0.6 is 11.6 Å². The molecule has 0 aromatic heterocycles. The Balaban J connectivity index is 1.79. The molecule has 8 heteroatoms. The summed E-state index contributed by atoms with van der Waals surface area (Å²) in [6, 6.07) is 10.9. The second-order valence-electron chi connectivity index (χ2n) is 5.49. The second-order valence-corrected chi connectivity index (χ2v) is 5.90. The van der Waals surface area contributed by atoms with Gasteiger partial charge in [-0.25, -0.2) is 0 Å². The molecule has 0 radical (unpaired) electrons. The number of hydrogen-bond acceptors (Lipinski definition) is 3. The number of rotatable bonds is 7. The lowest BCUT2D eigenvalue weighted by Gasteiger charge is -2.12. The number of halogens is 4. The van der Waals surface area contributed by atoms with Crippen molar-refractivity contribution in [2.24, 2.45) is 0 Å². The first kappa shape index (κ1) is 19.9. The van der Waals surface area contributed by atoms with E-state index in [1.54, 1.807) is 7.11 Å². The van der Waals surface area contributed by atoms with Gasteiger partial charge in [-0.3, -0.25) is 4.79 Å². The lowest BCUT2D eigenvalue weighted by molar-refractivity contribution is -0.137. The molecule has 26 heavy (non-hydrogen) atoms. The third-order valence-electron chi connectivity index (χ3n) is 3.62. The number of ether oxygens (including phenoxy) is 1. The topological polar surface area (TPSA) is 50.4 Å². The van der Waals surface area contributed by atoms with E-state index in [1.165, 1.54) is 6.07 Å². The lowest BCUT2D eigenvalue weighted by atomic mass is 10.1. The molecule has 0 spiro atoms. The fourth-order valence-corrected chi connectivity index (χ4v) is 2.46. The average molecular weight is 387 g/mol. The number of carbonyl (C=O) groups excluding carboxylic acids is 1. The Kier molecular flexibility index (Phi) is 6.74. The molecule has 2 N–H and O–H groups in total. The minimum atomic E-state index is -4.55. The van der Waals surface area contributed by atoms with Crippen molar-refractivity contribution in [3.05, 3.63) is 58.6 Å². The van der Waals surface area contributed by atoms with Crippen LogP contribution in [0, 0.1) is 0 Å². The van der Waals surface area contributed by atoms with E-state index in [0.29, 0.717) is 13.0 Å². The van der Waals surface area contributed by atoms with Crippen LogP contribution in [0.15, 0.2) is 42.5 Å². The highest BCUT2D eigenvalue weighted by Crippen LogP contribution is 2.36. The molecule has 2 aromatic carbocycles. The van der Waals surface area contributed by atoms with Crippen LogP contribution in [-0.2, 0) is 17.4 Å². The monoisotopic (exact) mass is 386 g/mol. The van der Waals surface area contributed by atoms with Crippen molar-refractivity contribution in [3.8, 4) is 5.75 Å². The van der Waals surface area contributed by atoms with E-state index in [4.69, 9.17) is 16.3 Å². The molecule has 0 atom stereocenters. The van der Waals surface area contributed by atoms with Crippen molar-refractivity contribution in [3.63, 3.8) is 0 Å². The van der Waals surface area contributed by atoms with E-state index in [-0.39, 0.29) is 23.2 Å². The number of hydrogen-bond donors (Lipinski definition) is 2. The molecular formula is C18H18ClF3N2O2. The fourth-order valence-electron chi connectivity index (χ4n) is 2.24. The molecule has 0 saturated heterocycles. The van der Waals surface area contributed by atoms with Crippen molar-refractivity contribution < 1.29 is 22.7 Å². The first-order chi connectivity index (χ1) is 12.3. The number of amides is 1. The molecule has 0 fully saturated rings. The van der Waals surface area contributed by atoms with Crippen LogP contribution in [0.25, 0.3) is 0 Å². The number of carbonyl (C=O) groups is 1. The molecule has 1 amide bonds. The molecule has 0 aliphatic rings. The normalized spacial score (nSPS) is 11.1. The van der Waals surface area contributed by atoms with Gasteiger partial charge < -0.3 is 15.4 Å². The van der Waals surface area contributed by atoms with Gasteiger partial charge in [-0.05, 0) is 42.3 Å². The summed E-state index contributed by atoms with van der Waals surface area (Å²) in [6.07, 6.45) is -3.91. The Hall–Kier alpha value is -2.41. The van der Waals surface area contributed by atoms with Gasteiger partial charge in [-0.15, -0.1) is 0 Å². The molecule has 2 rings (SSSR count). The number of methoxy groups -OCH3 is 1. The van der Waals surface area contributed by atoms with Crippen LogP contribution in [0.3, 0.4) is 0 Å². The summed E-state index contributed by atoms with van der Waals surface area (Å²) in [5.41, 5.74) is 0.266. The molecule has 140 valence electrons. The summed E-state index contributed by atoms with van der Waals surface area (Å²) in [4.78, 5) is 11.8. The summed E-state index contributed by atoms with van der Waals surface area (Å²) >= 11 is 5.55. The molecule has 0 aliphatic heterocycles. The van der Waals surface area contributed by atoms with Crippen LogP contribution in [0.1, 0.15) is 11.1 Å². The highest BCUT2D eigenvalue weighted by Gasteiger charge is 2.33. The maximum atomic E-state index is 12.8. The van der Waals surface area contributed by atoms with E-state index in [2.05, 4.69) is 10.6 Å². The number of anilines is 1. The van der Waals surface area contributed by atoms with Gasteiger partial charge in [0.1, 0.15) is 5.75 Å². The number of nitrogens with one attached hydrogen (secondary N) is 2. The predicted molar refractivity (Wildman–Crippen MR) is 94.7 cm³/mol. The molecule has 0 bridgehead atoms. The zero-order chi connectivity index (χ0) is 19.2. The number of alkyl halides is 3. The molecule has 4 nitrogen and oxygen atoms in total. The Morgan fingerprint density at radius 2 is 1.85 bits per heavy atom. The first-order valence-corrected chi connectivity index (χ1v) is 8.17. The summed E-state index contributed by atoms with van der Waals surface area (Å²) < 4.78 is 43.5. The zero-order valence-corrected chi connectivity index (χ0v) is 14.7. The van der Waals surface area contributed by atoms with E-state index in [0.717, 1.165) is 23.4 Å². The Morgan fingerprint density at radius 3 is 2.46 bits per heavy atom. The maximum Gasteiger partial charge on any atom is 0.417 e. The first-order valence-electron chi connectivity index (χ1n) is 7.80. The minimum Gasteiger partial charge on any atom is -0.497 e. The van der Waals surface area contributed by atoms with E-state index in [1.807, 2.05) is 24.3 Å². The van der Waals surface area contributed by atoms with Crippen molar-refractivity contribution >= 4 is 23.2 Å². The van der Waals surface area contributed by atoms with Gasteiger partial charge in [-0.2, -0.15) is 13.2 Å². The zero-order valence-electron chi connectivity index (χ0n) is 14.0. The Bertz CT molecular complexity index is 749. The minimum absolute atomic E-state index is 0.137. The van der Waals surface area contributed by atoms with Gasteiger partial charge in [-0.1, -0.05) is 23.7 Å². The molecule has 0 saturated carbocycles. The van der Waals surface area contributed by atoms with Crippen molar-refractivity contribution in [1.82, 2.24) is 5.32 Å². The lowest BCUT2D eigenvalue weighted by Crippen LogP contribution is -2.31. The third kappa shape index (κ3) is 5.84. The van der Waals surface area contributed by atoms with Crippen LogP contribution in [0.5, 0.6) is 5.75 Å². The second kappa shape index (κ2) is 8.80. The Morgan fingerprint density at radius 1 is 1.15 bits per heavy atom. The van der Waals surface area contributed by atoms with E-state index >= 15 is 0 Å². The summed E-state index contributed by atoms with van der Waals surface area (Å²) in [7, 11) is 1.58. The third-order valence-corrected chi connectivity index (χ3v) is 3.95. The van der Waals surface area contributed by atoms with Crippen molar-refractivity contribution in [2.45, 2.75) is 12.6 Å². The number of benzene rings is 2. The van der Waals surface area contributed by atoms with Crippen LogP contribution < -0.4 is 15.4 Å². The van der Waals surface area contributed by atoms with Crippen LogP contribution in [-0.4, -0.2) is 26.1 Å². The SMILES string of the molecule is COc1ccc(CCNC(=O)CNc2ccc(Cl)c(C(F)(F)F)c2)cc1. The van der Waals surface area contributed by atoms with E-state index < -0.39 is 11.7 Å². The summed E-state index contributed by atoms with van der Waals surface area (Å²) in [5, 5.41) is 4.98. The van der Waals surface area contributed by atoms with Gasteiger partial charge in [0.25, 0.3) is 0 Å². The van der Waals surface area contributed by atoms with Crippen molar-refractivity contribution in [2.75, 3.05) is 25.5 Å². The molecule has 0 unspecified atom stereocenters. The van der Waals surface area contributed by atoms with Gasteiger partial charge in [0.15, 0.2) is 0 Å². The highest BCUT2D eigenvalue weighted by molar-refractivity contribution is 6.31. The largest absolute Gasteiger partial charge is 0.497 e. The van der Waals surface area contributed by atoms with Crippen LogP contribution in [0.2, 0.25) is 5.02 Å². The standard InChI is InChI=1S/C18H18ClF3N2O2/c1-26-14-5-2-12(3-6-14)8-9-23-17(25)11-24-13-4-7-16(19)15(10-13)18(20,21)22/h2-7,10,24H,8-9,11H2,1H3,(H,23,25). The van der Waals surface area contributed by atoms with E-state index in [9.17, 15) is 18.0 Å². The van der Waals surface area contributed by atoms with Gasteiger partial charge in [0, 0.05) is 12.2 Å². The van der Waals surface area contributed by atoms with Crippen LogP contribution in [0.4, 0.5) is 18.9 Å². The molecule has 2 aromatic rings. The smallest absolute Gasteiger partial charge is 0.417 e. The van der Waals surface area contributed by atoms with Crippen molar-refractivity contribution in [1.29, 1.82) is 0 Å². The maximum absolute atomic E-state index is 12.8. The fraction of sp³-hybridized carbons (Fsp3) is 0.278. The van der Waals surface area contributed by atoms with Gasteiger partial charge >= 0.3 is 6.18 Å².